The Morgan fingerprint density at radius 3 is 2.64 bits per heavy atom. The third-order valence-electron chi connectivity index (χ3n) is 3.26. The van der Waals surface area contributed by atoms with E-state index >= 15 is 0 Å². The Hall–Kier alpha value is -0.100. The number of fused-ring (bicyclic) bond motifs is 1. The summed E-state index contributed by atoms with van der Waals surface area (Å²) >= 11 is 0. The number of piperidine rings is 1. The molecule has 1 aliphatic heterocycles. The molecule has 0 radical (unpaired) electrons. The highest BCUT2D eigenvalue weighted by atomic mass is 31.0. The number of hydrogen-bond acceptors (Lipinski definition) is 1. The highest BCUT2D eigenvalue weighted by Crippen LogP contribution is 2.41. The van der Waals surface area contributed by atoms with E-state index < -0.39 is 0 Å². The summed E-state index contributed by atoms with van der Waals surface area (Å²) in [6.45, 7) is 4.97. The monoisotopic (exact) mass is 215 g/mol. The zero-order chi connectivity index (χ0) is 10.7. The van der Waals surface area contributed by atoms with Gasteiger partial charge in [-0.25, -0.2) is 0 Å². The molecule has 2 aliphatic rings. The van der Waals surface area contributed by atoms with E-state index in [0.29, 0.717) is 23.4 Å². The Labute approximate surface area is 89.6 Å². The fourth-order valence-corrected chi connectivity index (χ4v) is 3.19. The first-order chi connectivity index (χ1) is 6.68. The van der Waals surface area contributed by atoms with Gasteiger partial charge in [0.15, 0.2) is 0 Å². The second-order valence-corrected chi connectivity index (χ2v) is 5.09. The number of likely N-dealkylation sites (tertiary alicyclic amines) is 1. The van der Waals surface area contributed by atoms with Crippen LogP contribution in [0.3, 0.4) is 0 Å². The van der Waals surface area contributed by atoms with Crippen LogP contribution in [0.5, 0.6) is 0 Å². The molecule has 0 N–H and O–H groups in total. The first kappa shape index (κ1) is 12.0. The summed E-state index contributed by atoms with van der Waals surface area (Å²) in [5.74, 6) is 1.43. The Bertz CT molecular complexity index is 207. The van der Waals surface area contributed by atoms with E-state index in [1.807, 2.05) is 25.8 Å². The van der Waals surface area contributed by atoms with Gasteiger partial charge in [0.2, 0.25) is 5.91 Å². The zero-order valence-corrected chi connectivity index (χ0v) is 10.6. The first-order valence-corrected chi connectivity index (χ1v) is 6.35. The van der Waals surface area contributed by atoms with Crippen molar-refractivity contribution < 1.29 is 4.79 Å². The summed E-state index contributed by atoms with van der Waals surface area (Å²) in [7, 11) is 4.79. The first-order valence-electron chi connectivity index (χ1n) is 5.69. The molecule has 2 rings (SSSR count). The van der Waals surface area contributed by atoms with Gasteiger partial charge in [-0.3, -0.25) is 4.79 Å². The minimum Gasteiger partial charge on any atom is -0.346 e. The van der Waals surface area contributed by atoms with E-state index in [1.165, 1.54) is 12.8 Å². The van der Waals surface area contributed by atoms with Gasteiger partial charge < -0.3 is 4.90 Å². The molecule has 0 bridgehead atoms. The highest BCUT2D eigenvalue weighted by Gasteiger charge is 2.40. The van der Waals surface area contributed by atoms with Crippen LogP contribution in [0.15, 0.2) is 0 Å². The Morgan fingerprint density at radius 2 is 2.00 bits per heavy atom. The normalized spacial score (nSPS) is 36.1. The quantitative estimate of drug-likeness (QED) is 0.567. The SMILES string of the molecule is CC.CN1CCC2CC(P)CC2C1=O. The molecule has 2 nitrogen and oxygen atoms in total. The van der Waals surface area contributed by atoms with Gasteiger partial charge in [0, 0.05) is 19.5 Å². The van der Waals surface area contributed by atoms with Crippen LogP contribution in [-0.2, 0) is 4.79 Å². The molecule has 0 aromatic heterocycles. The Morgan fingerprint density at radius 1 is 1.36 bits per heavy atom. The molecule has 1 aliphatic carbocycles. The van der Waals surface area contributed by atoms with Crippen LogP contribution < -0.4 is 0 Å². The van der Waals surface area contributed by atoms with Crippen LogP contribution in [0.2, 0.25) is 0 Å². The number of rotatable bonds is 0. The van der Waals surface area contributed by atoms with E-state index in [1.54, 1.807) is 0 Å². The summed E-state index contributed by atoms with van der Waals surface area (Å²) in [5, 5.41) is 0. The second kappa shape index (κ2) is 5.11. The van der Waals surface area contributed by atoms with Crippen molar-refractivity contribution in [3.63, 3.8) is 0 Å². The van der Waals surface area contributed by atoms with E-state index in [9.17, 15) is 4.79 Å². The van der Waals surface area contributed by atoms with Crippen molar-refractivity contribution in [2.45, 2.75) is 38.8 Å². The van der Waals surface area contributed by atoms with Gasteiger partial charge in [0.1, 0.15) is 0 Å². The minimum absolute atomic E-state index is 0.353. The molecule has 1 amide bonds. The molecule has 1 heterocycles. The molecule has 3 heteroatoms. The molecule has 2 fully saturated rings. The van der Waals surface area contributed by atoms with Crippen LogP contribution in [0, 0.1) is 11.8 Å². The van der Waals surface area contributed by atoms with Gasteiger partial charge >= 0.3 is 0 Å². The summed E-state index contributed by atoms with van der Waals surface area (Å²) in [4.78, 5) is 13.6. The van der Waals surface area contributed by atoms with Crippen LogP contribution in [0.4, 0.5) is 0 Å². The maximum Gasteiger partial charge on any atom is 0.225 e. The summed E-state index contributed by atoms with van der Waals surface area (Å²) in [5.41, 5.74) is 0.690. The van der Waals surface area contributed by atoms with Gasteiger partial charge in [0.05, 0.1) is 0 Å². The highest BCUT2D eigenvalue weighted by molar-refractivity contribution is 7.17. The number of nitrogens with zero attached hydrogens (tertiary/aromatic N) is 1. The van der Waals surface area contributed by atoms with Crippen molar-refractivity contribution in [1.82, 2.24) is 4.90 Å². The van der Waals surface area contributed by atoms with Crippen molar-refractivity contribution >= 4 is 15.1 Å². The fraction of sp³-hybridized carbons (Fsp3) is 0.909. The lowest BCUT2D eigenvalue weighted by Crippen LogP contribution is -2.41. The lowest BCUT2D eigenvalue weighted by molar-refractivity contribution is -0.138. The topological polar surface area (TPSA) is 20.3 Å². The molecular formula is C11H22NOP. The van der Waals surface area contributed by atoms with Crippen molar-refractivity contribution in [2.24, 2.45) is 11.8 Å². The molecule has 4 atom stereocenters. The largest absolute Gasteiger partial charge is 0.346 e. The lowest BCUT2D eigenvalue weighted by Gasteiger charge is -2.31. The van der Waals surface area contributed by atoms with E-state index in [0.717, 1.165) is 13.0 Å². The summed E-state index contributed by atoms with van der Waals surface area (Å²) in [6.07, 6.45) is 3.56. The second-order valence-electron chi connectivity index (χ2n) is 4.15. The molecule has 0 spiro atoms. The number of hydrogen-bond donors (Lipinski definition) is 0. The molecular weight excluding hydrogens is 193 g/mol. The average molecular weight is 215 g/mol. The van der Waals surface area contributed by atoms with Crippen molar-refractivity contribution in [2.75, 3.05) is 13.6 Å². The summed E-state index contributed by atoms with van der Waals surface area (Å²) < 4.78 is 0. The van der Waals surface area contributed by atoms with Crippen molar-refractivity contribution in [3.8, 4) is 0 Å². The standard InChI is InChI=1S/C9H16NOP.C2H6/c1-10-3-2-6-4-7(12)5-8(6)9(10)11;1-2/h6-8H,2-5,12H2,1H3;1-2H3. The minimum atomic E-state index is 0.353. The third-order valence-corrected chi connectivity index (χ3v) is 3.80. The molecule has 1 saturated carbocycles. The van der Waals surface area contributed by atoms with E-state index in [2.05, 4.69) is 9.24 Å². The smallest absolute Gasteiger partial charge is 0.225 e. The predicted molar refractivity (Wildman–Crippen MR) is 63.3 cm³/mol. The van der Waals surface area contributed by atoms with E-state index in [-0.39, 0.29) is 0 Å². The van der Waals surface area contributed by atoms with E-state index in [4.69, 9.17) is 0 Å². The van der Waals surface area contributed by atoms with Gasteiger partial charge in [-0.15, -0.1) is 9.24 Å². The average Bonchev–Trinajstić information content (AvgIpc) is 2.57. The van der Waals surface area contributed by atoms with Crippen LogP contribution >= 0.6 is 9.24 Å². The number of amides is 1. The molecule has 4 unspecified atom stereocenters. The number of carbonyl (C=O) groups excluding carboxylic acids is 1. The Kier molecular flexibility index (Phi) is 4.37. The molecule has 1 saturated heterocycles. The van der Waals surface area contributed by atoms with Crippen LogP contribution in [0.25, 0.3) is 0 Å². The van der Waals surface area contributed by atoms with Gasteiger partial charge in [0.25, 0.3) is 0 Å². The molecule has 82 valence electrons. The van der Waals surface area contributed by atoms with Gasteiger partial charge in [-0.05, 0) is 30.8 Å². The lowest BCUT2D eigenvalue weighted by atomic mass is 9.88. The van der Waals surface area contributed by atoms with Crippen LogP contribution in [0.1, 0.15) is 33.1 Å². The number of carbonyl (C=O) groups is 1. The van der Waals surface area contributed by atoms with Gasteiger partial charge in [-0.2, -0.15) is 0 Å². The predicted octanol–water partition coefficient (Wildman–Crippen LogP) is 2.14. The molecule has 0 aromatic carbocycles. The Balaban J connectivity index is 0.000000461. The zero-order valence-electron chi connectivity index (χ0n) is 9.49. The maximum atomic E-state index is 11.7. The summed E-state index contributed by atoms with van der Waals surface area (Å²) in [6, 6.07) is 0. The molecule has 14 heavy (non-hydrogen) atoms. The third kappa shape index (κ3) is 2.28. The van der Waals surface area contributed by atoms with Crippen LogP contribution in [-0.4, -0.2) is 30.1 Å². The van der Waals surface area contributed by atoms with Gasteiger partial charge in [-0.1, -0.05) is 13.8 Å². The van der Waals surface area contributed by atoms with Crippen molar-refractivity contribution in [3.05, 3.63) is 0 Å². The van der Waals surface area contributed by atoms with Crippen molar-refractivity contribution in [1.29, 1.82) is 0 Å². The fourth-order valence-electron chi connectivity index (χ4n) is 2.54. The maximum absolute atomic E-state index is 11.7. The molecule has 0 aromatic rings.